The van der Waals surface area contributed by atoms with Crippen LogP contribution in [-0.2, 0) is 22.1 Å². The van der Waals surface area contributed by atoms with E-state index in [4.69, 9.17) is 0 Å². The molecular weight excluding hydrogens is 461 g/mol. The van der Waals surface area contributed by atoms with Gasteiger partial charge in [-0.3, -0.25) is 4.79 Å². The van der Waals surface area contributed by atoms with E-state index in [9.17, 15) is 22.8 Å². The van der Waals surface area contributed by atoms with Crippen LogP contribution in [0.2, 0.25) is 0 Å². The number of unbranched alkanes of at least 4 members (excludes halogenated alkanes) is 1. The van der Waals surface area contributed by atoms with Crippen molar-refractivity contribution in [2.24, 2.45) is 0 Å². The van der Waals surface area contributed by atoms with Crippen LogP contribution in [0.4, 0.5) is 13.2 Å². The summed E-state index contributed by atoms with van der Waals surface area (Å²) in [5.74, 6) is -0.673. The number of thiophene rings is 1. The second-order valence-electron chi connectivity index (χ2n) is 7.88. The van der Waals surface area contributed by atoms with E-state index >= 15 is 0 Å². The van der Waals surface area contributed by atoms with Gasteiger partial charge in [-0.1, -0.05) is 31.5 Å². The fourth-order valence-corrected chi connectivity index (χ4v) is 4.78. The summed E-state index contributed by atoms with van der Waals surface area (Å²) in [6, 6.07) is 8.99. The molecule has 1 aromatic heterocycles. The predicted molar refractivity (Wildman–Crippen MR) is 131 cm³/mol. The quantitative estimate of drug-likeness (QED) is 0.187. The predicted octanol–water partition coefficient (Wildman–Crippen LogP) is 7.65. The van der Waals surface area contributed by atoms with Gasteiger partial charge in [0.2, 0.25) is 0 Å². The minimum Gasteiger partial charge on any atom is -0.466 e. The van der Waals surface area contributed by atoms with Gasteiger partial charge in [0.25, 0.3) is 0 Å². The smallest absolute Gasteiger partial charge is 0.416 e. The molecule has 34 heavy (non-hydrogen) atoms. The topological polar surface area (TPSA) is 43.4 Å². The molecule has 0 radical (unpaired) electrons. The van der Waals surface area contributed by atoms with Crippen LogP contribution in [0.1, 0.15) is 57.3 Å². The highest BCUT2D eigenvalue weighted by Crippen LogP contribution is 2.38. The maximum absolute atomic E-state index is 13.2. The number of halogens is 3. The van der Waals surface area contributed by atoms with Crippen LogP contribution in [-0.4, -0.2) is 18.9 Å². The summed E-state index contributed by atoms with van der Waals surface area (Å²) in [6.45, 7) is 3.90. The number of aryl methyl sites for hydroxylation is 2. The minimum absolute atomic E-state index is 0.207. The van der Waals surface area contributed by atoms with Crippen molar-refractivity contribution < 1.29 is 27.5 Å². The van der Waals surface area contributed by atoms with E-state index in [-0.39, 0.29) is 5.78 Å². The molecule has 0 aliphatic heterocycles. The Kier molecular flexibility index (Phi) is 8.10. The van der Waals surface area contributed by atoms with Crippen molar-refractivity contribution in [2.75, 3.05) is 7.11 Å². The number of carbonyl (C=O) groups excluding carboxylic acids is 2. The number of esters is 1. The molecule has 0 bridgehead atoms. The van der Waals surface area contributed by atoms with Crippen molar-refractivity contribution in [1.29, 1.82) is 0 Å². The molecule has 0 aliphatic carbocycles. The Morgan fingerprint density at radius 3 is 2.47 bits per heavy atom. The molecule has 0 N–H and O–H groups in total. The van der Waals surface area contributed by atoms with Gasteiger partial charge in [-0.25, -0.2) is 4.79 Å². The minimum atomic E-state index is -4.40. The molecule has 0 amide bonds. The molecule has 0 spiro atoms. The zero-order chi connectivity index (χ0) is 24.9. The summed E-state index contributed by atoms with van der Waals surface area (Å²) in [5.41, 5.74) is 2.40. The van der Waals surface area contributed by atoms with Gasteiger partial charge in [-0.2, -0.15) is 13.2 Å². The van der Waals surface area contributed by atoms with Crippen LogP contribution < -0.4 is 0 Å². The second kappa shape index (κ2) is 10.8. The van der Waals surface area contributed by atoms with Gasteiger partial charge in [0.05, 0.1) is 12.7 Å². The van der Waals surface area contributed by atoms with Crippen molar-refractivity contribution in [3.05, 3.63) is 81.2 Å². The lowest BCUT2D eigenvalue weighted by molar-refractivity contribution is -0.137. The first-order valence-electron chi connectivity index (χ1n) is 10.9. The summed E-state index contributed by atoms with van der Waals surface area (Å²) >= 11 is 1.27. The van der Waals surface area contributed by atoms with Gasteiger partial charge in [0.15, 0.2) is 5.78 Å². The Morgan fingerprint density at radius 2 is 1.82 bits per heavy atom. The third-order valence-corrected chi connectivity index (χ3v) is 6.63. The van der Waals surface area contributed by atoms with Crippen LogP contribution in [0.3, 0.4) is 0 Å². The van der Waals surface area contributed by atoms with Gasteiger partial charge in [0.1, 0.15) is 0 Å². The zero-order valence-electron chi connectivity index (χ0n) is 19.2. The zero-order valence-corrected chi connectivity index (χ0v) is 20.0. The lowest BCUT2D eigenvalue weighted by atomic mass is 10.0. The van der Waals surface area contributed by atoms with Gasteiger partial charge in [-0.05, 0) is 78.3 Å². The third-order valence-electron chi connectivity index (χ3n) is 5.47. The van der Waals surface area contributed by atoms with Crippen LogP contribution in [0.15, 0.2) is 48.6 Å². The normalized spacial score (nSPS) is 12.2. The largest absolute Gasteiger partial charge is 0.466 e. The summed E-state index contributed by atoms with van der Waals surface area (Å²) < 4.78 is 44.6. The van der Waals surface area contributed by atoms with E-state index in [0.29, 0.717) is 10.3 Å². The number of ketones is 1. The molecule has 0 unspecified atom stereocenters. The van der Waals surface area contributed by atoms with Gasteiger partial charge < -0.3 is 4.74 Å². The number of benzene rings is 2. The molecule has 3 rings (SSSR count). The molecule has 0 atom stereocenters. The SMILES string of the molecule is CCCCc1c(C=CC(=O)c2ccc(C=CC(=O)OC)c(C)c2)sc2cc(C(F)(F)F)ccc12. The molecular formula is C27H25F3O3S. The lowest BCUT2D eigenvalue weighted by Gasteiger charge is -2.06. The number of rotatable bonds is 8. The molecule has 2 aromatic carbocycles. The first-order chi connectivity index (χ1) is 16.1. The lowest BCUT2D eigenvalue weighted by Crippen LogP contribution is -2.03. The molecule has 3 nitrogen and oxygen atoms in total. The number of hydrogen-bond donors (Lipinski definition) is 0. The highest BCUT2D eigenvalue weighted by atomic mass is 32.1. The van der Waals surface area contributed by atoms with Gasteiger partial charge >= 0.3 is 12.1 Å². The molecule has 0 aliphatic rings. The maximum atomic E-state index is 13.2. The van der Waals surface area contributed by atoms with Crippen molar-refractivity contribution in [3.8, 4) is 0 Å². The Balaban J connectivity index is 1.90. The van der Waals surface area contributed by atoms with Crippen LogP contribution in [0.5, 0.6) is 0 Å². The van der Waals surface area contributed by atoms with E-state index in [0.717, 1.165) is 52.3 Å². The van der Waals surface area contributed by atoms with Crippen molar-refractivity contribution in [3.63, 3.8) is 0 Å². The number of carbonyl (C=O) groups is 2. The number of allylic oxidation sites excluding steroid dienone is 1. The van der Waals surface area contributed by atoms with E-state index in [1.54, 1.807) is 30.4 Å². The Labute approximate surface area is 200 Å². The average molecular weight is 487 g/mol. The fraction of sp³-hybridized carbons (Fsp3) is 0.259. The fourth-order valence-electron chi connectivity index (χ4n) is 3.58. The van der Waals surface area contributed by atoms with Crippen molar-refractivity contribution in [2.45, 2.75) is 39.3 Å². The number of alkyl halides is 3. The second-order valence-corrected chi connectivity index (χ2v) is 8.97. The monoisotopic (exact) mass is 486 g/mol. The number of fused-ring (bicyclic) bond motifs is 1. The van der Waals surface area contributed by atoms with E-state index < -0.39 is 17.7 Å². The highest BCUT2D eigenvalue weighted by molar-refractivity contribution is 7.20. The van der Waals surface area contributed by atoms with E-state index in [1.807, 2.05) is 6.92 Å². The third kappa shape index (κ3) is 6.03. The standard InChI is InChI=1S/C27H25F3O3S/c1-4-5-6-21-22-11-10-20(27(28,29)30)16-25(22)34-24(21)13-12-23(31)19-8-7-18(17(2)15-19)9-14-26(32)33-3/h7-16H,4-6H2,1-3H3. The summed E-state index contributed by atoms with van der Waals surface area (Å²) in [5, 5.41) is 0.802. The number of methoxy groups -OCH3 is 1. The molecule has 3 aromatic rings. The van der Waals surface area contributed by atoms with Crippen molar-refractivity contribution >= 4 is 45.3 Å². The Hall–Kier alpha value is -3.19. The molecule has 1 heterocycles. The van der Waals surface area contributed by atoms with Crippen LogP contribution >= 0.6 is 11.3 Å². The maximum Gasteiger partial charge on any atom is 0.416 e. The first-order valence-corrected chi connectivity index (χ1v) is 11.7. The Morgan fingerprint density at radius 1 is 1.06 bits per heavy atom. The summed E-state index contributed by atoms with van der Waals surface area (Å²) in [7, 11) is 1.30. The average Bonchev–Trinajstić information content (AvgIpc) is 3.16. The molecule has 0 fully saturated rings. The van der Waals surface area contributed by atoms with Crippen molar-refractivity contribution in [1.82, 2.24) is 0 Å². The van der Waals surface area contributed by atoms with Crippen LogP contribution in [0, 0.1) is 6.92 Å². The van der Waals surface area contributed by atoms with E-state index in [1.165, 1.54) is 42.7 Å². The molecule has 178 valence electrons. The first kappa shape index (κ1) is 25.4. The van der Waals surface area contributed by atoms with Gasteiger partial charge in [-0.15, -0.1) is 11.3 Å². The highest BCUT2D eigenvalue weighted by Gasteiger charge is 2.31. The molecule has 7 heteroatoms. The number of ether oxygens (including phenoxy) is 1. The summed E-state index contributed by atoms with van der Waals surface area (Å²) in [6.07, 6.45) is 4.29. The number of hydrogen-bond acceptors (Lipinski definition) is 4. The van der Waals surface area contributed by atoms with Crippen LogP contribution in [0.25, 0.3) is 22.2 Å². The Bertz CT molecular complexity index is 1270. The molecule has 0 saturated carbocycles. The summed E-state index contributed by atoms with van der Waals surface area (Å²) in [4.78, 5) is 24.9. The van der Waals surface area contributed by atoms with Gasteiger partial charge in [0, 0.05) is 21.2 Å². The molecule has 0 saturated heterocycles. The van der Waals surface area contributed by atoms with E-state index in [2.05, 4.69) is 11.7 Å².